The van der Waals surface area contributed by atoms with Gasteiger partial charge in [-0.2, -0.15) is 0 Å². The van der Waals surface area contributed by atoms with Gasteiger partial charge in [0, 0.05) is 26.2 Å². The number of carbonyl (C=O) groups is 1. The summed E-state index contributed by atoms with van der Waals surface area (Å²) in [4.78, 5) is 15.7. The van der Waals surface area contributed by atoms with Gasteiger partial charge in [-0.15, -0.1) is 0 Å². The second-order valence-electron chi connectivity index (χ2n) is 6.04. The van der Waals surface area contributed by atoms with Crippen LogP contribution in [0.1, 0.15) is 11.1 Å². The number of likely N-dealkylation sites (N-methyl/N-ethyl adjacent to an activating group) is 1. The number of hydrogen-bond acceptors (Lipinski definition) is 4. The van der Waals surface area contributed by atoms with E-state index in [4.69, 9.17) is 0 Å². The van der Waals surface area contributed by atoms with Gasteiger partial charge < -0.3 is 25.5 Å². The number of hydrogen-bond donors (Lipinski definition) is 3. The van der Waals surface area contributed by atoms with Crippen LogP contribution in [0.2, 0.25) is 0 Å². The first kappa shape index (κ1) is 18.4. The van der Waals surface area contributed by atoms with Crippen LogP contribution in [-0.2, 0) is 13.1 Å². The summed E-state index contributed by atoms with van der Waals surface area (Å²) in [6.45, 7) is 2.10. The minimum atomic E-state index is -0.566. The highest BCUT2D eigenvalue weighted by Gasteiger charge is 2.07. The SMILES string of the molecule is CN(C)Cc1cccc(CNC(=O)NC[C@@H](O)CN(C)C)c1. The summed E-state index contributed by atoms with van der Waals surface area (Å²) >= 11 is 0. The van der Waals surface area contributed by atoms with Crippen molar-refractivity contribution in [1.82, 2.24) is 20.4 Å². The standard InChI is InChI=1S/C16H28N4O2/c1-19(2)11-14-7-5-6-13(8-14)9-17-16(22)18-10-15(21)12-20(3)4/h5-8,15,21H,9-12H2,1-4H3,(H2,17,18,22)/t15-/m1/s1. The van der Waals surface area contributed by atoms with Crippen LogP contribution in [0.25, 0.3) is 0 Å². The zero-order valence-corrected chi connectivity index (χ0v) is 14.0. The van der Waals surface area contributed by atoms with Crippen LogP contribution < -0.4 is 10.6 Å². The average molecular weight is 308 g/mol. The zero-order valence-electron chi connectivity index (χ0n) is 14.0. The van der Waals surface area contributed by atoms with Crippen molar-refractivity contribution in [3.8, 4) is 0 Å². The number of benzene rings is 1. The number of aliphatic hydroxyl groups excluding tert-OH is 1. The lowest BCUT2D eigenvalue weighted by Gasteiger charge is -2.16. The Labute approximate surface area is 133 Å². The molecule has 0 fully saturated rings. The Hall–Kier alpha value is -1.63. The van der Waals surface area contributed by atoms with Gasteiger partial charge in [-0.3, -0.25) is 0 Å². The Kier molecular flexibility index (Phi) is 7.87. The van der Waals surface area contributed by atoms with Crippen molar-refractivity contribution in [1.29, 1.82) is 0 Å². The molecule has 0 radical (unpaired) electrons. The Balaban J connectivity index is 2.34. The van der Waals surface area contributed by atoms with Crippen molar-refractivity contribution < 1.29 is 9.90 Å². The molecule has 0 saturated carbocycles. The molecule has 0 spiro atoms. The van der Waals surface area contributed by atoms with Crippen molar-refractivity contribution in [2.24, 2.45) is 0 Å². The van der Waals surface area contributed by atoms with Crippen molar-refractivity contribution in [2.75, 3.05) is 41.3 Å². The molecule has 6 nitrogen and oxygen atoms in total. The predicted molar refractivity (Wildman–Crippen MR) is 88.6 cm³/mol. The van der Waals surface area contributed by atoms with Crippen molar-refractivity contribution in [3.05, 3.63) is 35.4 Å². The third-order valence-corrected chi connectivity index (χ3v) is 3.02. The monoisotopic (exact) mass is 308 g/mol. The van der Waals surface area contributed by atoms with E-state index in [1.165, 1.54) is 5.56 Å². The van der Waals surface area contributed by atoms with Gasteiger partial charge in [0.15, 0.2) is 0 Å². The van der Waals surface area contributed by atoms with Gasteiger partial charge in [0.25, 0.3) is 0 Å². The molecule has 0 unspecified atom stereocenters. The molecule has 6 heteroatoms. The fraction of sp³-hybridized carbons (Fsp3) is 0.562. The molecule has 124 valence electrons. The second-order valence-corrected chi connectivity index (χ2v) is 6.04. The molecule has 1 rings (SSSR count). The summed E-state index contributed by atoms with van der Waals surface area (Å²) in [5.41, 5.74) is 2.27. The molecule has 0 aliphatic heterocycles. The Morgan fingerprint density at radius 2 is 1.82 bits per heavy atom. The molecule has 3 N–H and O–H groups in total. The molecule has 0 heterocycles. The van der Waals surface area contributed by atoms with Crippen LogP contribution in [0.3, 0.4) is 0 Å². The molecule has 2 amide bonds. The lowest BCUT2D eigenvalue weighted by Crippen LogP contribution is -2.42. The topological polar surface area (TPSA) is 67.8 Å². The van der Waals surface area contributed by atoms with E-state index in [1.54, 1.807) is 0 Å². The first-order valence-corrected chi connectivity index (χ1v) is 7.44. The van der Waals surface area contributed by atoms with E-state index in [2.05, 4.69) is 27.7 Å². The molecular formula is C16H28N4O2. The number of carbonyl (C=O) groups excluding carboxylic acids is 1. The minimum absolute atomic E-state index is 0.241. The Bertz CT molecular complexity index is 463. The van der Waals surface area contributed by atoms with E-state index < -0.39 is 6.10 Å². The maximum absolute atomic E-state index is 11.7. The fourth-order valence-corrected chi connectivity index (χ4v) is 2.14. The lowest BCUT2D eigenvalue weighted by atomic mass is 10.1. The molecule has 1 aromatic rings. The first-order chi connectivity index (χ1) is 10.4. The number of aliphatic hydroxyl groups is 1. The van der Waals surface area contributed by atoms with Gasteiger partial charge in [-0.25, -0.2) is 4.79 Å². The third kappa shape index (κ3) is 7.97. The van der Waals surface area contributed by atoms with Gasteiger partial charge in [0.1, 0.15) is 0 Å². The molecule has 1 atom stereocenters. The van der Waals surface area contributed by atoms with Gasteiger partial charge >= 0.3 is 6.03 Å². The van der Waals surface area contributed by atoms with E-state index in [-0.39, 0.29) is 12.6 Å². The normalized spacial score (nSPS) is 12.5. The minimum Gasteiger partial charge on any atom is -0.390 e. The van der Waals surface area contributed by atoms with Crippen LogP contribution in [0.5, 0.6) is 0 Å². The summed E-state index contributed by atoms with van der Waals surface area (Å²) in [6, 6.07) is 7.87. The smallest absolute Gasteiger partial charge is 0.315 e. The third-order valence-electron chi connectivity index (χ3n) is 3.02. The van der Waals surface area contributed by atoms with Crippen LogP contribution in [-0.4, -0.2) is 68.3 Å². The highest BCUT2D eigenvalue weighted by atomic mass is 16.3. The summed E-state index contributed by atoms with van der Waals surface area (Å²) in [5, 5.41) is 15.2. The average Bonchev–Trinajstić information content (AvgIpc) is 2.42. The molecule has 0 saturated heterocycles. The quantitative estimate of drug-likeness (QED) is 0.653. The van der Waals surface area contributed by atoms with Crippen LogP contribution in [0, 0.1) is 0 Å². The van der Waals surface area contributed by atoms with E-state index >= 15 is 0 Å². The fourth-order valence-electron chi connectivity index (χ4n) is 2.14. The Morgan fingerprint density at radius 1 is 1.14 bits per heavy atom. The van der Waals surface area contributed by atoms with Crippen LogP contribution >= 0.6 is 0 Å². The van der Waals surface area contributed by atoms with E-state index in [0.717, 1.165) is 12.1 Å². The van der Waals surface area contributed by atoms with Gasteiger partial charge in [0.05, 0.1) is 6.10 Å². The highest BCUT2D eigenvalue weighted by Crippen LogP contribution is 2.06. The lowest BCUT2D eigenvalue weighted by molar-refractivity contribution is 0.135. The zero-order chi connectivity index (χ0) is 16.5. The molecule has 22 heavy (non-hydrogen) atoms. The predicted octanol–water partition coefficient (Wildman–Crippen LogP) is 0.470. The Morgan fingerprint density at radius 3 is 2.45 bits per heavy atom. The summed E-state index contributed by atoms with van der Waals surface area (Å²) in [7, 11) is 7.81. The maximum Gasteiger partial charge on any atom is 0.315 e. The largest absolute Gasteiger partial charge is 0.390 e. The second kappa shape index (κ2) is 9.40. The molecule has 0 aliphatic carbocycles. The molecular weight excluding hydrogens is 280 g/mol. The first-order valence-electron chi connectivity index (χ1n) is 7.44. The van der Waals surface area contributed by atoms with Crippen LogP contribution in [0.4, 0.5) is 4.79 Å². The molecule has 1 aromatic carbocycles. The number of rotatable bonds is 8. The van der Waals surface area contributed by atoms with Crippen molar-refractivity contribution in [3.63, 3.8) is 0 Å². The molecule has 0 aliphatic rings. The summed E-state index contributed by atoms with van der Waals surface area (Å²) < 4.78 is 0. The van der Waals surface area contributed by atoms with Gasteiger partial charge in [-0.05, 0) is 39.3 Å². The number of amides is 2. The number of urea groups is 1. The van der Waals surface area contributed by atoms with Crippen molar-refractivity contribution >= 4 is 6.03 Å². The van der Waals surface area contributed by atoms with E-state index in [9.17, 15) is 9.90 Å². The molecule has 0 bridgehead atoms. The van der Waals surface area contributed by atoms with Crippen LogP contribution in [0.15, 0.2) is 24.3 Å². The van der Waals surface area contributed by atoms with Gasteiger partial charge in [-0.1, -0.05) is 24.3 Å². The van der Waals surface area contributed by atoms with Gasteiger partial charge in [0.2, 0.25) is 0 Å². The highest BCUT2D eigenvalue weighted by molar-refractivity contribution is 5.73. The maximum atomic E-state index is 11.7. The summed E-state index contributed by atoms with van der Waals surface area (Å²) in [6.07, 6.45) is -0.566. The summed E-state index contributed by atoms with van der Waals surface area (Å²) in [5.74, 6) is 0. The van der Waals surface area contributed by atoms with Crippen molar-refractivity contribution in [2.45, 2.75) is 19.2 Å². The van der Waals surface area contributed by atoms with E-state index in [0.29, 0.717) is 13.1 Å². The number of nitrogens with zero attached hydrogens (tertiary/aromatic N) is 2. The molecule has 0 aromatic heterocycles. The number of nitrogens with one attached hydrogen (secondary N) is 2. The van der Waals surface area contributed by atoms with E-state index in [1.807, 2.05) is 45.2 Å².